The molecule has 2 fully saturated rings. The number of aliphatic hydroxyl groups excluding tert-OH is 1. The number of ether oxygens (including phenoxy) is 1. The van der Waals surface area contributed by atoms with Crippen molar-refractivity contribution in [1.29, 1.82) is 0 Å². The third kappa shape index (κ3) is 13.7. The second kappa shape index (κ2) is 25.2. The van der Waals surface area contributed by atoms with Crippen molar-refractivity contribution in [2.75, 3.05) is 51.1 Å². The van der Waals surface area contributed by atoms with Crippen LogP contribution in [0.1, 0.15) is 103 Å². The first-order valence-corrected chi connectivity index (χ1v) is 28.4. The maximum atomic E-state index is 15.1. The number of hydrogen-bond acceptors (Lipinski definition) is 13. The normalized spacial score (nSPS) is 17.8. The molecule has 0 bridgehead atoms. The fourth-order valence-electron chi connectivity index (χ4n) is 10.4. The molecular weight excluding hydrogens is 1040 g/mol. The molecule has 79 heavy (non-hydrogen) atoms. The molecule has 0 aliphatic carbocycles. The first kappa shape index (κ1) is 56.4. The number of carbonyl (C=O) groups is 5. The molecule has 5 atom stereocenters. The van der Waals surface area contributed by atoms with Crippen molar-refractivity contribution in [3.63, 3.8) is 0 Å². The smallest absolute Gasteiger partial charge is 0.256 e. The van der Waals surface area contributed by atoms with Crippen molar-refractivity contribution in [2.24, 2.45) is 5.41 Å². The van der Waals surface area contributed by atoms with E-state index in [0.717, 1.165) is 53.3 Å². The largest absolute Gasteiger partial charge is 0.489 e. The van der Waals surface area contributed by atoms with E-state index in [4.69, 9.17) is 4.74 Å². The molecule has 412 valence electrons. The number of likely N-dealkylation sites (tertiary alicyclic amines) is 1. The van der Waals surface area contributed by atoms with Gasteiger partial charge in [-0.05, 0) is 78.7 Å². The van der Waals surface area contributed by atoms with Gasteiger partial charge in [-0.15, -0.1) is 22.7 Å². The minimum Gasteiger partial charge on any atom is -0.489 e. The first-order chi connectivity index (χ1) is 38.0. The molecule has 5 amide bonds. The van der Waals surface area contributed by atoms with Gasteiger partial charge >= 0.3 is 0 Å². The molecule has 16 nitrogen and oxygen atoms in total. The van der Waals surface area contributed by atoms with Crippen LogP contribution in [0.2, 0.25) is 0 Å². The van der Waals surface area contributed by atoms with E-state index in [9.17, 15) is 29.1 Å². The van der Waals surface area contributed by atoms with Crippen LogP contribution in [0.3, 0.4) is 0 Å². The highest BCUT2D eigenvalue weighted by Crippen LogP contribution is 2.39. The zero-order valence-corrected chi connectivity index (χ0v) is 46.7. The minimum atomic E-state index is -1.26. The average Bonchev–Trinajstić information content (AvgIpc) is 4.33. The van der Waals surface area contributed by atoms with Crippen molar-refractivity contribution in [3.8, 4) is 28.0 Å². The molecule has 2 saturated heterocycles. The number of rotatable bonds is 18. The lowest BCUT2D eigenvalue weighted by molar-refractivity contribution is -0.144. The van der Waals surface area contributed by atoms with E-state index in [1.54, 1.807) is 29.0 Å². The summed E-state index contributed by atoms with van der Waals surface area (Å²) in [6, 6.07) is 23.4. The highest BCUT2D eigenvalue weighted by atomic mass is 32.1. The van der Waals surface area contributed by atoms with Crippen LogP contribution in [0.4, 0.5) is 9.52 Å². The van der Waals surface area contributed by atoms with E-state index >= 15 is 4.39 Å². The number of β-amino-alcohol motifs (C(OH)–C–C–N with tert-alkyl or cyclic N) is 1. The Hall–Kier alpha value is -7.34. The van der Waals surface area contributed by atoms with Crippen LogP contribution in [-0.2, 0) is 32.3 Å². The number of nitrogens with one attached hydrogen (secondary N) is 3. The second-order valence-electron chi connectivity index (χ2n) is 21.4. The van der Waals surface area contributed by atoms with Gasteiger partial charge in [-0.2, -0.15) is 0 Å². The highest BCUT2D eigenvalue weighted by molar-refractivity contribution is 7.14. The maximum Gasteiger partial charge on any atom is 0.256 e. The standard InChI is InChI=1S/C60H66FN9O7S2/c1-38(41-18-20-43(21-19-41)53-39(2)63-37-79-53)64-55(73)48-32-46(71)34-69(48)58(76)54(60(3,4)5)65-50(72)35-68-28-26-67(27-29-68)25-11-7-10-15-42-16-12-17-44-33-70(57(75)51(42)44)52(56(74)66-59-62-24-30-78-59)47-31-45(61)22-23-49(47)77-36-40-13-8-6-9-14-40/h6,8-9,12-14,16-24,30-31,37-38,46,48,52,54,71H,7,11,25-29,32-36H2,1-5H3,(H,64,73)(H,65,72)(H,62,66,74)/t38?,46-,48+,52?,54?/m1/s1. The number of anilines is 1. The molecule has 4 N–H and O–H groups in total. The van der Waals surface area contributed by atoms with Crippen molar-refractivity contribution in [3.05, 3.63) is 153 Å². The van der Waals surface area contributed by atoms with Gasteiger partial charge in [0, 0.05) is 74.8 Å². The molecule has 5 heterocycles. The topological polar surface area (TPSA) is 190 Å². The Morgan fingerprint density at radius 2 is 1.68 bits per heavy atom. The molecule has 0 saturated carbocycles. The molecule has 3 aliphatic heterocycles. The first-order valence-electron chi connectivity index (χ1n) is 26.6. The number of aliphatic hydroxyl groups is 1. The number of piperazine rings is 1. The Labute approximate surface area is 468 Å². The predicted molar refractivity (Wildman–Crippen MR) is 302 cm³/mol. The third-order valence-electron chi connectivity index (χ3n) is 14.6. The molecule has 9 rings (SSSR count). The summed E-state index contributed by atoms with van der Waals surface area (Å²) < 4.78 is 21.3. The van der Waals surface area contributed by atoms with Gasteiger partial charge in [0.2, 0.25) is 17.7 Å². The van der Waals surface area contributed by atoms with Gasteiger partial charge in [0.05, 0.1) is 40.3 Å². The minimum absolute atomic E-state index is 0.0132. The number of unbranched alkanes of at least 4 members (excludes halogenated alkanes) is 1. The SMILES string of the molecule is Cc1ncsc1-c1ccc(C(C)NC(=O)[C@@H]2C[C@@H](O)CN2C(=O)C(NC(=O)CN2CCN(CCCC#Cc3cccc4c3C(=O)N(C(C(=O)Nc3nccs3)c3cc(F)ccc3OCc3ccccc3)C4)CC2)C(C)(C)C)cc1. The Balaban J connectivity index is 0.762. The van der Waals surface area contributed by atoms with Gasteiger partial charge < -0.3 is 35.2 Å². The van der Waals surface area contributed by atoms with Crippen molar-refractivity contribution < 1.29 is 38.2 Å². The van der Waals surface area contributed by atoms with Gasteiger partial charge in [0.15, 0.2) is 5.13 Å². The van der Waals surface area contributed by atoms with Gasteiger partial charge in [0.25, 0.3) is 11.8 Å². The predicted octanol–water partition coefficient (Wildman–Crippen LogP) is 7.75. The Morgan fingerprint density at radius 1 is 0.924 bits per heavy atom. The number of nitrogens with zero attached hydrogens (tertiary/aromatic N) is 6. The zero-order chi connectivity index (χ0) is 55.8. The number of halogens is 1. The number of hydrogen-bond donors (Lipinski definition) is 4. The summed E-state index contributed by atoms with van der Waals surface area (Å²) in [5, 5.41) is 21.7. The number of carbonyl (C=O) groups excluding carboxylic acids is 5. The molecular formula is C60H66FN9O7S2. The number of aromatic nitrogens is 2. The van der Waals surface area contributed by atoms with Gasteiger partial charge in [-0.1, -0.05) is 99.3 Å². The Kier molecular flexibility index (Phi) is 18.0. The van der Waals surface area contributed by atoms with E-state index in [0.29, 0.717) is 41.3 Å². The summed E-state index contributed by atoms with van der Waals surface area (Å²) in [6.45, 7) is 13.4. The van der Waals surface area contributed by atoms with Gasteiger partial charge in [-0.25, -0.2) is 14.4 Å². The summed E-state index contributed by atoms with van der Waals surface area (Å²) in [4.78, 5) is 87.4. The highest BCUT2D eigenvalue weighted by Gasteiger charge is 2.45. The summed E-state index contributed by atoms with van der Waals surface area (Å²) in [6.07, 6.45) is 2.11. The molecule has 4 aromatic carbocycles. The quantitative estimate of drug-likeness (QED) is 0.0487. The molecule has 3 aliphatic rings. The number of thiazole rings is 2. The molecule has 2 aromatic heterocycles. The van der Waals surface area contributed by atoms with E-state index in [1.165, 1.54) is 39.3 Å². The summed E-state index contributed by atoms with van der Waals surface area (Å²) in [5.41, 5.74) is 6.75. The van der Waals surface area contributed by atoms with E-state index in [1.807, 2.05) is 107 Å². The summed E-state index contributed by atoms with van der Waals surface area (Å²) in [7, 11) is 0. The lowest BCUT2D eigenvalue weighted by atomic mass is 9.85. The molecule has 0 radical (unpaired) electrons. The Morgan fingerprint density at radius 3 is 2.39 bits per heavy atom. The number of benzene rings is 4. The molecule has 19 heteroatoms. The van der Waals surface area contributed by atoms with E-state index < -0.39 is 53.2 Å². The monoisotopic (exact) mass is 1110 g/mol. The number of amides is 5. The van der Waals surface area contributed by atoms with E-state index in [2.05, 4.69) is 47.6 Å². The van der Waals surface area contributed by atoms with Crippen LogP contribution in [0.15, 0.2) is 108 Å². The van der Waals surface area contributed by atoms with E-state index in [-0.39, 0.29) is 61.8 Å². The Bertz CT molecular complexity index is 3200. The van der Waals surface area contributed by atoms with Crippen LogP contribution >= 0.6 is 22.7 Å². The molecule has 0 spiro atoms. The molecule has 3 unspecified atom stereocenters. The fourth-order valence-corrected chi connectivity index (χ4v) is 11.7. The van der Waals surface area contributed by atoms with Crippen molar-refractivity contribution in [2.45, 2.75) is 97.3 Å². The van der Waals surface area contributed by atoms with Crippen LogP contribution in [0, 0.1) is 30.0 Å². The second-order valence-corrected chi connectivity index (χ2v) is 23.1. The lowest BCUT2D eigenvalue weighted by Crippen LogP contribution is -2.59. The van der Waals surface area contributed by atoms with Crippen molar-refractivity contribution >= 4 is 57.3 Å². The maximum absolute atomic E-state index is 15.1. The average molecular weight is 1110 g/mol. The van der Waals surface area contributed by atoms with Crippen LogP contribution in [0.5, 0.6) is 5.75 Å². The summed E-state index contributed by atoms with van der Waals surface area (Å²) in [5.74, 6) is 4.14. The number of fused-ring (bicyclic) bond motifs is 1. The summed E-state index contributed by atoms with van der Waals surface area (Å²) >= 11 is 2.80. The fraction of sp³-hybridized carbons (Fsp3) is 0.383. The van der Waals surface area contributed by atoms with Crippen LogP contribution in [0.25, 0.3) is 10.4 Å². The lowest BCUT2D eigenvalue weighted by Gasteiger charge is -2.37. The van der Waals surface area contributed by atoms with Gasteiger partial charge in [-0.3, -0.25) is 34.2 Å². The number of aryl methyl sites for hydroxylation is 1. The van der Waals surface area contributed by atoms with Crippen LogP contribution in [-0.4, -0.2) is 128 Å². The zero-order valence-electron chi connectivity index (χ0n) is 45.0. The molecule has 6 aromatic rings. The van der Waals surface area contributed by atoms with Gasteiger partial charge in [0.1, 0.15) is 36.3 Å². The third-order valence-corrected chi connectivity index (χ3v) is 16.2. The van der Waals surface area contributed by atoms with Crippen LogP contribution < -0.4 is 20.7 Å². The van der Waals surface area contributed by atoms with Crippen molar-refractivity contribution in [1.82, 2.24) is 40.2 Å².